The van der Waals surface area contributed by atoms with Gasteiger partial charge in [-0.1, -0.05) is 0 Å². The van der Waals surface area contributed by atoms with Gasteiger partial charge in [0.25, 0.3) is 0 Å². The highest BCUT2D eigenvalue weighted by Crippen LogP contribution is 2.39. The predicted octanol–water partition coefficient (Wildman–Crippen LogP) is 5.85. The summed E-state index contributed by atoms with van der Waals surface area (Å²) in [7, 11) is 0. The molecule has 0 bridgehead atoms. The second-order valence-electron chi connectivity index (χ2n) is 7.24. The SMILES string of the molecule is CC(=O)c1c(NC(=O)NCc2c(Br)sc3c2CCCC3)sc2c1CCCC2. The lowest BCUT2D eigenvalue weighted by atomic mass is 9.94. The molecule has 0 saturated heterocycles. The lowest BCUT2D eigenvalue weighted by molar-refractivity contribution is 0.101. The Labute approximate surface area is 175 Å². The predicted molar refractivity (Wildman–Crippen MR) is 115 cm³/mol. The molecular weight excluding hydrogens is 444 g/mol. The Morgan fingerprint density at radius 3 is 2.30 bits per heavy atom. The van der Waals surface area contributed by atoms with Crippen molar-refractivity contribution < 1.29 is 9.59 Å². The maximum absolute atomic E-state index is 12.5. The van der Waals surface area contributed by atoms with E-state index in [1.165, 1.54) is 33.7 Å². The van der Waals surface area contributed by atoms with Crippen molar-refractivity contribution in [2.75, 3.05) is 5.32 Å². The van der Waals surface area contributed by atoms with Crippen molar-refractivity contribution in [2.24, 2.45) is 0 Å². The first kappa shape index (κ1) is 19.2. The topological polar surface area (TPSA) is 58.2 Å². The Balaban J connectivity index is 1.47. The first-order chi connectivity index (χ1) is 13.0. The van der Waals surface area contributed by atoms with Crippen LogP contribution in [0, 0.1) is 0 Å². The molecule has 2 aromatic heterocycles. The number of rotatable bonds is 4. The molecule has 0 unspecified atom stereocenters. The van der Waals surface area contributed by atoms with Crippen LogP contribution in [0.2, 0.25) is 0 Å². The van der Waals surface area contributed by atoms with Gasteiger partial charge in [-0.25, -0.2) is 4.79 Å². The van der Waals surface area contributed by atoms with Crippen LogP contribution in [0.15, 0.2) is 3.79 Å². The zero-order valence-electron chi connectivity index (χ0n) is 15.4. The number of carbonyl (C=O) groups is 2. The molecule has 0 saturated carbocycles. The molecule has 2 aromatic rings. The Morgan fingerprint density at radius 2 is 1.59 bits per heavy atom. The van der Waals surface area contributed by atoms with Crippen LogP contribution >= 0.6 is 38.6 Å². The lowest BCUT2D eigenvalue weighted by Gasteiger charge is -2.13. The third-order valence-electron chi connectivity index (χ3n) is 5.41. The minimum atomic E-state index is -0.237. The smallest absolute Gasteiger partial charge is 0.320 e. The van der Waals surface area contributed by atoms with E-state index in [9.17, 15) is 9.59 Å². The molecule has 2 aliphatic carbocycles. The number of urea groups is 1. The molecule has 2 amide bonds. The third kappa shape index (κ3) is 3.87. The van der Waals surface area contributed by atoms with Gasteiger partial charge in [-0.2, -0.15) is 0 Å². The molecule has 4 nitrogen and oxygen atoms in total. The molecule has 144 valence electrons. The van der Waals surface area contributed by atoms with Crippen molar-refractivity contribution in [1.82, 2.24) is 5.32 Å². The highest BCUT2D eigenvalue weighted by molar-refractivity contribution is 9.11. The van der Waals surface area contributed by atoms with Crippen LogP contribution in [0.25, 0.3) is 0 Å². The molecule has 2 aliphatic rings. The summed E-state index contributed by atoms with van der Waals surface area (Å²) in [5, 5.41) is 6.65. The molecule has 4 rings (SSSR count). The van der Waals surface area contributed by atoms with E-state index in [0.717, 1.165) is 53.4 Å². The fourth-order valence-corrected chi connectivity index (χ4v) is 7.54. The third-order valence-corrected chi connectivity index (χ3v) is 8.70. The number of carbonyl (C=O) groups excluding carboxylic acids is 2. The van der Waals surface area contributed by atoms with E-state index in [2.05, 4.69) is 26.6 Å². The molecule has 0 spiro atoms. The minimum absolute atomic E-state index is 0.0411. The van der Waals surface area contributed by atoms with Crippen molar-refractivity contribution in [2.45, 2.75) is 64.8 Å². The maximum atomic E-state index is 12.5. The summed E-state index contributed by atoms with van der Waals surface area (Å²) in [5.41, 5.74) is 4.50. The van der Waals surface area contributed by atoms with Crippen LogP contribution in [-0.4, -0.2) is 11.8 Å². The number of ketones is 1. The number of amides is 2. The standard InChI is InChI=1S/C20H23BrN2O2S2/c1-11(24)17-13-7-3-5-9-16(13)27-19(17)23-20(25)22-10-14-12-6-2-4-8-15(12)26-18(14)21/h2-10H2,1H3,(H2,22,23,25). The maximum Gasteiger partial charge on any atom is 0.320 e. The number of hydrogen-bond donors (Lipinski definition) is 2. The monoisotopic (exact) mass is 466 g/mol. The van der Waals surface area contributed by atoms with E-state index < -0.39 is 0 Å². The van der Waals surface area contributed by atoms with E-state index in [1.54, 1.807) is 29.6 Å². The van der Waals surface area contributed by atoms with Gasteiger partial charge in [0.2, 0.25) is 0 Å². The molecule has 7 heteroatoms. The second-order valence-corrected chi connectivity index (χ2v) is 10.8. The quantitative estimate of drug-likeness (QED) is 0.554. The molecular formula is C20H23BrN2O2S2. The number of anilines is 1. The molecule has 0 fully saturated rings. The summed E-state index contributed by atoms with van der Waals surface area (Å²) in [6.07, 6.45) is 8.95. The van der Waals surface area contributed by atoms with Gasteiger partial charge in [-0.15, -0.1) is 22.7 Å². The average Bonchev–Trinajstić information content (AvgIpc) is 3.16. The molecule has 2 heterocycles. The number of nitrogens with one attached hydrogen (secondary N) is 2. The zero-order valence-corrected chi connectivity index (χ0v) is 18.6. The Kier molecular flexibility index (Phi) is 5.71. The molecule has 0 atom stereocenters. The number of Topliss-reactive ketones (excluding diaryl/α,β-unsaturated/α-hetero) is 1. The van der Waals surface area contributed by atoms with E-state index in [4.69, 9.17) is 0 Å². The van der Waals surface area contributed by atoms with Crippen LogP contribution in [0.3, 0.4) is 0 Å². The van der Waals surface area contributed by atoms with Gasteiger partial charge in [0, 0.05) is 16.3 Å². The first-order valence-corrected chi connectivity index (χ1v) is 12.0. The average molecular weight is 467 g/mol. The highest BCUT2D eigenvalue weighted by atomic mass is 79.9. The van der Waals surface area contributed by atoms with Crippen LogP contribution in [0.1, 0.15) is 69.4 Å². The van der Waals surface area contributed by atoms with Crippen LogP contribution in [0.5, 0.6) is 0 Å². The van der Waals surface area contributed by atoms with Crippen molar-refractivity contribution >= 4 is 55.4 Å². The van der Waals surface area contributed by atoms with Crippen molar-refractivity contribution in [3.8, 4) is 0 Å². The van der Waals surface area contributed by atoms with E-state index >= 15 is 0 Å². The molecule has 27 heavy (non-hydrogen) atoms. The first-order valence-electron chi connectivity index (χ1n) is 9.54. The molecule has 0 aromatic carbocycles. The van der Waals surface area contributed by atoms with Crippen LogP contribution in [-0.2, 0) is 32.2 Å². The normalized spacial score (nSPS) is 15.8. The minimum Gasteiger partial charge on any atom is -0.334 e. The van der Waals surface area contributed by atoms with Gasteiger partial charge in [-0.3, -0.25) is 10.1 Å². The molecule has 2 N–H and O–H groups in total. The Hall–Kier alpha value is -1.18. The summed E-state index contributed by atoms with van der Waals surface area (Å²) in [6, 6.07) is -0.237. The largest absolute Gasteiger partial charge is 0.334 e. The number of thiophene rings is 2. The summed E-state index contributed by atoms with van der Waals surface area (Å²) in [4.78, 5) is 27.4. The number of hydrogen-bond acceptors (Lipinski definition) is 4. The Bertz CT molecular complexity index is 900. The van der Waals surface area contributed by atoms with Crippen molar-refractivity contribution in [3.63, 3.8) is 0 Å². The van der Waals surface area contributed by atoms with E-state index in [-0.39, 0.29) is 11.8 Å². The molecule has 0 radical (unpaired) electrons. The van der Waals surface area contributed by atoms with E-state index in [0.29, 0.717) is 11.5 Å². The van der Waals surface area contributed by atoms with Crippen molar-refractivity contribution in [3.05, 3.63) is 35.8 Å². The van der Waals surface area contributed by atoms with Crippen molar-refractivity contribution in [1.29, 1.82) is 0 Å². The summed E-state index contributed by atoms with van der Waals surface area (Å²) < 4.78 is 1.13. The summed E-state index contributed by atoms with van der Waals surface area (Å²) >= 11 is 7.04. The summed E-state index contributed by atoms with van der Waals surface area (Å²) in [5.74, 6) is 0.0411. The lowest BCUT2D eigenvalue weighted by Crippen LogP contribution is -2.28. The fraction of sp³-hybridized carbons (Fsp3) is 0.500. The molecule has 0 aliphatic heterocycles. The van der Waals surface area contributed by atoms with Gasteiger partial charge in [-0.05, 0) is 90.9 Å². The number of halogens is 1. The van der Waals surface area contributed by atoms with Gasteiger partial charge in [0.05, 0.1) is 9.35 Å². The van der Waals surface area contributed by atoms with E-state index in [1.807, 2.05) is 0 Å². The van der Waals surface area contributed by atoms with Crippen LogP contribution in [0.4, 0.5) is 9.80 Å². The highest BCUT2D eigenvalue weighted by Gasteiger charge is 2.25. The van der Waals surface area contributed by atoms with Gasteiger partial charge >= 0.3 is 6.03 Å². The second kappa shape index (κ2) is 8.05. The number of fused-ring (bicyclic) bond motifs is 2. The van der Waals surface area contributed by atoms with Crippen LogP contribution < -0.4 is 10.6 Å². The van der Waals surface area contributed by atoms with Gasteiger partial charge in [0.15, 0.2) is 5.78 Å². The fourth-order valence-electron chi connectivity index (χ4n) is 4.12. The van der Waals surface area contributed by atoms with Gasteiger partial charge < -0.3 is 5.32 Å². The Morgan fingerprint density at radius 1 is 0.963 bits per heavy atom. The van der Waals surface area contributed by atoms with Gasteiger partial charge in [0.1, 0.15) is 5.00 Å². The number of aryl methyl sites for hydroxylation is 2. The summed E-state index contributed by atoms with van der Waals surface area (Å²) in [6.45, 7) is 2.10. The zero-order chi connectivity index (χ0) is 19.0.